The zero-order valence-corrected chi connectivity index (χ0v) is 16.5. The fraction of sp³-hybridized carbons (Fsp3) is 0.588. The van der Waals surface area contributed by atoms with Crippen molar-refractivity contribution in [1.82, 2.24) is 15.5 Å². The molecule has 6 nitrogen and oxygen atoms in total. The van der Waals surface area contributed by atoms with Gasteiger partial charge in [-0.3, -0.25) is 14.5 Å². The van der Waals surface area contributed by atoms with Crippen LogP contribution in [0.25, 0.3) is 0 Å². The van der Waals surface area contributed by atoms with E-state index in [4.69, 9.17) is 0 Å². The highest BCUT2D eigenvalue weighted by molar-refractivity contribution is 9.11. The maximum absolute atomic E-state index is 12.7. The highest BCUT2D eigenvalue weighted by Crippen LogP contribution is 2.35. The van der Waals surface area contributed by atoms with E-state index < -0.39 is 11.6 Å². The van der Waals surface area contributed by atoms with Crippen LogP contribution in [-0.2, 0) is 15.1 Å². The fourth-order valence-electron chi connectivity index (χ4n) is 3.44. The second kappa shape index (κ2) is 7.45. The Kier molecular flexibility index (Phi) is 5.48. The van der Waals surface area contributed by atoms with Crippen LogP contribution in [0.3, 0.4) is 0 Å². The van der Waals surface area contributed by atoms with E-state index in [1.165, 1.54) is 30.6 Å². The Hall–Kier alpha value is -1.41. The number of carbonyl (C=O) groups is 3. The SMILES string of the molecule is CC1(c2ccc(Br)s2)NC(=O)N(CC(=O)NCC2CCCCC2)C1=O. The number of amides is 4. The van der Waals surface area contributed by atoms with Crippen LogP contribution in [0, 0.1) is 5.92 Å². The Morgan fingerprint density at radius 3 is 2.72 bits per heavy atom. The molecule has 0 bridgehead atoms. The summed E-state index contributed by atoms with van der Waals surface area (Å²) in [6, 6.07) is 3.12. The van der Waals surface area contributed by atoms with Gasteiger partial charge in [0.2, 0.25) is 5.91 Å². The molecule has 1 saturated heterocycles. The number of halogens is 1. The normalized spacial score (nSPS) is 24.5. The lowest BCUT2D eigenvalue weighted by atomic mass is 9.89. The predicted octanol–water partition coefficient (Wildman–Crippen LogP) is 2.97. The van der Waals surface area contributed by atoms with E-state index >= 15 is 0 Å². The molecule has 2 aliphatic rings. The molecular weight excluding hydrogens is 406 g/mol. The van der Waals surface area contributed by atoms with E-state index in [-0.39, 0.29) is 18.4 Å². The van der Waals surface area contributed by atoms with E-state index in [2.05, 4.69) is 26.6 Å². The number of thiophene rings is 1. The maximum atomic E-state index is 12.7. The first-order valence-corrected chi connectivity index (χ1v) is 10.2. The average Bonchev–Trinajstić information content (AvgIpc) is 3.12. The van der Waals surface area contributed by atoms with E-state index in [1.54, 1.807) is 13.0 Å². The minimum absolute atomic E-state index is 0.237. The van der Waals surface area contributed by atoms with E-state index in [1.807, 2.05) is 6.07 Å². The third-order valence-electron chi connectivity index (χ3n) is 4.96. The van der Waals surface area contributed by atoms with Crippen LogP contribution in [-0.4, -0.2) is 35.8 Å². The number of hydrogen-bond donors (Lipinski definition) is 2. The minimum atomic E-state index is -1.11. The Morgan fingerprint density at radius 1 is 1.36 bits per heavy atom. The second-order valence-electron chi connectivity index (χ2n) is 6.86. The predicted molar refractivity (Wildman–Crippen MR) is 99.2 cm³/mol. The molecule has 1 atom stereocenters. The summed E-state index contributed by atoms with van der Waals surface area (Å²) in [6.07, 6.45) is 5.96. The molecule has 1 aliphatic heterocycles. The van der Waals surface area contributed by atoms with Gasteiger partial charge in [0.25, 0.3) is 5.91 Å². The number of hydrogen-bond acceptors (Lipinski definition) is 4. The molecular formula is C17H22BrN3O3S. The molecule has 0 aromatic carbocycles. The van der Waals surface area contributed by atoms with Crippen molar-refractivity contribution in [3.8, 4) is 0 Å². The number of carbonyl (C=O) groups excluding carboxylic acids is 3. The van der Waals surface area contributed by atoms with Crippen LogP contribution in [0.5, 0.6) is 0 Å². The van der Waals surface area contributed by atoms with Gasteiger partial charge in [0.15, 0.2) is 5.54 Å². The van der Waals surface area contributed by atoms with Gasteiger partial charge in [0.05, 0.1) is 3.79 Å². The monoisotopic (exact) mass is 427 g/mol. The first-order valence-electron chi connectivity index (χ1n) is 8.57. The smallest absolute Gasteiger partial charge is 0.325 e. The average molecular weight is 428 g/mol. The van der Waals surface area contributed by atoms with Gasteiger partial charge < -0.3 is 10.6 Å². The largest absolute Gasteiger partial charge is 0.354 e. The van der Waals surface area contributed by atoms with Gasteiger partial charge in [-0.25, -0.2) is 4.79 Å². The molecule has 136 valence electrons. The van der Waals surface area contributed by atoms with Crippen molar-refractivity contribution in [3.63, 3.8) is 0 Å². The molecule has 1 aromatic heterocycles. The summed E-state index contributed by atoms with van der Waals surface area (Å²) in [6.45, 7) is 2.06. The third kappa shape index (κ3) is 3.89. The summed E-state index contributed by atoms with van der Waals surface area (Å²) in [5.74, 6) is -0.167. The molecule has 0 radical (unpaired) electrons. The van der Waals surface area contributed by atoms with Crippen LogP contribution < -0.4 is 10.6 Å². The molecule has 2 heterocycles. The van der Waals surface area contributed by atoms with Gasteiger partial charge in [-0.05, 0) is 53.7 Å². The van der Waals surface area contributed by atoms with Crippen LogP contribution in [0.15, 0.2) is 15.9 Å². The Balaban J connectivity index is 1.59. The first kappa shape index (κ1) is 18.4. The molecule has 1 aliphatic carbocycles. The summed E-state index contributed by atoms with van der Waals surface area (Å²) >= 11 is 4.76. The van der Waals surface area contributed by atoms with Gasteiger partial charge in [0, 0.05) is 11.4 Å². The second-order valence-corrected chi connectivity index (χ2v) is 9.32. The van der Waals surface area contributed by atoms with Gasteiger partial charge in [0.1, 0.15) is 6.54 Å². The molecule has 25 heavy (non-hydrogen) atoms. The molecule has 3 rings (SSSR count). The van der Waals surface area contributed by atoms with Crippen LogP contribution in [0.1, 0.15) is 43.9 Å². The molecule has 0 spiro atoms. The number of rotatable bonds is 5. The van der Waals surface area contributed by atoms with E-state index in [0.29, 0.717) is 12.5 Å². The molecule has 2 fully saturated rings. The lowest BCUT2D eigenvalue weighted by Gasteiger charge is -2.22. The summed E-state index contributed by atoms with van der Waals surface area (Å²) in [5.41, 5.74) is -1.11. The number of nitrogens with one attached hydrogen (secondary N) is 2. The van der Waals surface area contributed by atoms with Gasteiger partial charge in [-0.1, -0.05) is 19.3 Å². The molecule has 8 heteroatoms. The van der Waals surface area contributed by atoms with E-state index in [0.717, 1.165) is 26.4 Å². The lowest BCUT2D eigenvalue weighted by molar-refractivity contribution is -0.134. The summed E-state index contributed by atoms with van der Waals surface area (Å²) in [5, 5.41) is 5.59. The Morgan fingerprint density at radius 2 is 2.08 bits per heavy atom. The molecule has 1 saturated carbocycles. The van der Waals surface area contributed by atoms with E-state index in [9.17, 15) is 14.4 Å². The Labute approximate surface area is 159 Å². The summed E-state index contributed by atoms with van der Waals surface area (Å²) in [4.78, 5) is 38.9. The topological polar surface area (TPSA) is 78.5 Å². The zero-order valence-electron chi connectivity index (χ0n) is 14.1. The molecule has 2 N–H and O–H groups in total. The lowest BCUT2D eigenvalue weighted by Crippen LogP contribution is -2.43. The molecule has 1 aromatic rings. The first-order chi connectivity index (χ1) is 11.9. The quantitative estimate of drug-likeness (QED) is 0.708. The summed E-state index contributed by atoms with van der Waals surface area (Å²) < 4.78 is 0.884. The fourth-order valence-corrected chi connectivity index (χ4v) is 4.92. The highest BCUT2D eigenvalue weighted by atomic mass is 79.9. The minimum Gasteiger partial charge on any atom is -0.354 e. The number of urea groups is 1. The standard InChI is InChI=1S/C17H22BrN3O3S/c1-17(12-7-8-13(18)25-12)15(23)21(16(24)20-17)10-14(22)19-9-11-5-3-2-4-6-11/h7-8,11H,2-6,9-10H2,1H3,(H,19,22)(H,20,24). The van der Waals surface area contributed by atoms with Gasteiger partial charge in [-0.2, -0.15) is 0 Å². The van der Waals surface area contributed by atoms with Gasteiger partial charge >= 0.3 is 6.03 Å². The van der Waals surface area contributed by atoms with Crippen molar-refractivity contribution in [3.05, 3.63) is 20.8 Å². The Bertz CT molecular complexity index is 686. The third-order valence-corrected chi connectivity index (χ3v) is 6.80. The van der Waals surface area contributed by atoms with Crippen molar-refractivity contribution in [2.24, 2.45) is 5.92 Å². The zero-order chi connectivity index (χ0) is 18.0. The van der Waals surface area contributed by atoms with Crippen LogP contribution in [0.2, 0.25) is 0 Å². The highest BCUT2D eigenvalue weighted by Gasteiger charge is 2.50. The molecule has 4 amide bonds. The van der Waals surface area contributed by atoms with Crippen molar-refractivity contribution in [1.29, 1.82) is 0 Å². The molecule has 1 unspecified atom stereocenters. The number of imide groups is 1. The van der Waals surface area contributed by atoms with Crippen molar-refractivity contribution in [2.45, 2.75) is 44.6 Å². The maximum Gasteiger partial charge on any atom is 0.325 e. The van der Waals surface area contributed by atoms with Crippen LogP contribution in [0.4, 0.5) is 4.79 Å². The number of nitrogens with zero attached hydrogens (tertiary/aromatic N) is 1. The van der Waals surface area contributed by atoms with Crippen molar-refractivity contribution >= 4 is 45.1 Å². The van der Waals surface area contributed by atoms with Crippen molar-refractivity contribution < 1.29 is 14.4 Å². The van der Waals surface area contributed by atoms with Crippen molar-refractivity contribution in [2.75, 3.05) is 13.1 Å². The van der Waals surface area contributed by atoms with Crippen LogP contribution >= 0.6 is 27.3 Å². The van der Waals surface area contributed by atoms with Gasteiger partial charge in [-0.15, -0.1) is 11.3 Å². The summed E-state index contributed by atoms with van der Waals surface area (Å²) in [7, 11) is 0.